The van der Waals surface area contributed by atoms with Crippen molar-refractivity contribution in [3.05, 3.63) is 48.0 Å². The van der Waals surface area contributed by atoms with Crippen LogP contribution in [-0.4, -0.2) is 5.11 Å². The minimum Gasteiger partial charge on any atom is -0.388 e. The third-order valence-electron chi connectivity index (χ3n) is 2.79. The summed E-state index contributed by atoms with van der Waals surface area (Å²) in [6, 6.07) is 8.10. The Morgan fingerprint density at radius 3 is 2.62 bits per heavy atom. The first-order valence-electron chi connectivity index (χ1n) is 4.72. The first kappa shape index (κ1) is 8.52. The second-order valence-corrected chi connectivity index (χ2v) is 3.56. The van der Waals surface area contributed by atoms with E-state index in [4.69, 9.17) is 0 Å². The summed E-state index contributed by atoms with van der Waals surface area (Å²) in [7, 11) is 0. The zero-order valence-corrected chi connectivity index (χ0v) is 7.61. The molecule has 2 unspecified atom stereocenters. The van der Waals surface area contributed by atoms with Gasteiger partial charge in [0.15, 0.2) is 0 Å². The summed E-state index contributed by atoms with van der Waals surface area (Å²) in [6.45, 7) is 3.83. The summed E-state index contributed by atoms with van der Waals surface area (Å²) in [5.41, 5.74) is 2.33. The second-order valence-electron chi connectivity index (χ2n) is 3.56. The smallest absolute Gasteiger partial charge is 0.0793 e. The SMILES string of the molecule is C=CC1CCC(O)c2ccccc21. The molecule has 1 aliphatic rings. The van der Waals surface area contributed by atoms with Crippen LogP contribution in [0, 0.1) is 0 Å². The zero-order valence-electron chi connectivity index (χ0n) is 7.61. The van der Waals surface area contributed by atoms with Crippen molar-refractivity contribution in [1.82, 2.24) is 0 Å². The molecular weight excluding hydrogens is 160 g/mol. The lowest BCUT2D eigenvalue weighted by molar-refractivity contribution is 0.153. The summed E-state index contributed by atoms with van der Waals surface area (Å²) in [5.74, 6) is 0.430. The van der Waals surface area contributed by atoms with Gasteiger partial charge >= 0.3 is 0 Å². The third-order valence-corrected chi connectivity index (χ3v) is 2.79. The summed E-state index contributed by atoms with van der Waals surface area (Å²) < 4.78 is 0. The quantitative estimate of drug-likeness (QED) is 0.649. The number of aliphatic hydroxyl groups is 1. The van der Waals surface area contributed by atoms with E-state index >= 15 is 0 Å². The number of benzene rings is 1. The van der Waals surface area contributed by atoms with E-state index in [0.29, 0.717) is 5.92 Å². The Morgan fingerprint density at radius 2 is 1.92 bits per heavy atom. The highest BCUT2D eigenvalue weighted by Crippen LogP contribution is 2.37. The van der Waals surface area contributed by atoms with Crippen molar-refractivity contribution in [2.24, 2.45) is 0 Å². The molecule has 1 aromatic carbocycles. The van der Waals surface area contributed by atoms with E-state index in [2.05, 4.69) is 12.6 Å². The minimum absolute atomic E-state index is 0.271. The van der Waals surface area contributed by atoms with Gasteiger partial charge in [0.1, 0.15) is 0 Å². The highest BCUT2D eigenvalue weighted by molar-refractivity contribution is 5.36. The first-order valence-corrected chi connectivity index (χ1v) is 4.72. The van der Waals surface area contributed by atoms with Crippen molar-refractivity contribution in [2.45, 2.75) is 24.9 Å². The summed E-state index contributed by atoms with van der Waals surface area (Å²) in [5, 5.41) is 9.74. The van der Waals surface area contributed by atoms with E-state index in [0.717, 1.165) is 18.4 Å². The zero-order chi connectivity index (χ0) is 9.26. The van der Waals surface area contributed by atoms with Crippen molar-refractivity contribution >= 4 is 0 Å². The molecule has 0 aromatic heterocycles. The van der Waals surface area contributed by atoms with Crippen LogP contribution in [0.5, 0.6) is 0 Å². The van der Waals surface area contributed by atoms with Gasteiger partial charge < -0.3 is 5.11 Å². The Labute approximate surface area is 78.7 Å². The van der Waals surface area contributed by atoms with Gasteiger partial charge in [-0.3, -0.25) is 0 Å². The predicted molar refractivity (Wildman–Crippen MR) is 53.6 cm³/mol. The number of hydrogen-bond acceptors (Lipinski definition) is 1. The molecule has 0 saturated heterocycles. The van der Waals surface area contributed by atoms with Crippen LogP contribution in [0.2, 0.25) is 0 Å². The molecule has 1 aromatic rings. The van der Waals surface area contributed by atoms with Crippen LogP contribution in [0.3, 0.4) is 0 Å². The van der Waals surface area contributed by atoms with Crippen molar-refractivity contribution in [3.8, 4) is 0 Å². The van der Waals surface area contributed by atoms with Gasteiger partial charge in [-0.25, -0.2) is 0 Å². The fourth-order valence-corrected chi connectivity index (χ4v) is 2.05. The molecule has 1 N–H and O–H groups in total. The molecule has 13 heavy (non-hydrogen) atoms. The van der Waals surface area contributed by atoms with Gasteiger partial charge in [0.05, 0.1) is 6.10 Å². The van der Waals surface area contributed by atoms with E-state index in [1.807, 2.05) is 24.3 Å². The van der Waals surface area contributed by atoms with Crippen molar-refractivity contribution in [3.63, 3.8) is 0 Å². The Hall–Kier alpha value is -1.08. The minimum atomic E-state index is -0.271. The number of rotatable bonds is 1. The number of allylic oxidation sites excluding steroid dienone is 1. The molecule has 0 radical (unpaired) electrons. The van der Waals surface area contributed by atoms with E-state index in [-0.39, 0.29) is 6.10 Å². The topological polar surface area (TPSA) is 20.2 Å². The monoisotopic (exact) mass is 174 g/mol. The second kappa shape index (κ2) is 3.35. The molecule has 0 amide bonds. The fourth-order valence-electron chi connectivity index (χ4n) is 2.05. The Morgan fingerprint density at radius 1 is 1.23 bits per heavy atom. The number of aliphatic hydroxyl groups excluding tert-OH is 1. The summed E-state index contributed by atoms with van der Waals surface area (Å²) in [4.78, 5) is 0. The highest BCUT2D eigenvalue weighted by Gasteiger charge is 2.22. The van der Waals surface area contributed by atoms with Gasteiger partial charge in [-0.1, -0.05) is 30.3 Å². The standard InChI is InChI=1S/C12H14O/c1-2-9-7-8-12(13)11-6-4-3-5-10(9)11/h2-6,9,12-13H,1,7-8H2. The van der Waals surface area contributed by atoms with Crippen LogP contribution in [0.4, 0.5) is 0 Å². The number of fused-ring (bicyclic) bond motifs is 1. The van der Waals surface area contributed by atoms with E-state index < -0.39 is 0 Å². The Balaban J connectivity index is 2.47. The maximum Gasteiger partial charge on any atom is 0.0793 e. The van der Waals surface area contributed by atoms with Crippen LogP contribution >= 0.6 is 0 Å². The molecule has 1 heteroatoms. The molecule has 1 aliphatic carbocycles. The highest BCUT2D eigenvalue weighted by atomic mass is 16.3. The van der Waals surface area contributed by atoms with Crippen molar-refractivity contribution in [1.29, 1.82) is 0 Å². The maximum absolute atomic E-state index is 9.74. The van der Waals surface area contributed by atoms with Gasteiger partial charge in [0.25, 0.3) is 0 Å². The molecule has 68 valence electrons. The Bertz CT molecular complexity index is 317. The molecule has 0 bridgehead atoms. The largest absolute Gasteiger partial charge is 0.388 e. The van der Waals surface area contributed by atoms with E-state index in [9.17, 15) is 5.11 Å². The summed E-state index contributed by atoms with van der Waals surface area (Å²) in [6.07, 6.45) is 3.58. The lowest BCUT2D eigenvalue weighted by atomic mass is 9.81. The van der Waals surface area contributed by atoms with Crippen molar-refractivity contribution in [2.75, 3.05) is 0 Å². The third kappa shape index (κ3) is 1.40. The lowest BCUT2D eigenvalue weighted by Crippen LogP contribution is -2.12. The molecular formula is C12H14O. The lowest BCUT2D eigenvalue weighted by Gasteiger charge is -2.26. The molecule has 2 atom stereocenters. The van der Waals surface area contributed by atoms with Gasteiger partial charge in [-0.2, -0.15) is 0 Å². The van der Waals surface area contributed by atoms with Gasteiger partial charge in [-0.15, -0.1) is 6.58 Å². The predicted octanol–water partition coefficient (Wildman–Crippen LogP) is 2.78. The molecule has 1 nitrogen and oxygen atoms in total. The normalized spacial score (nSPS) is 26.5. The van der Waals surface area contributed by atoms with Crippen LogP contribution in [0.15, 0.2) is 36.9 Å². The van der Waals surface area contributed by atoms with Gasteiger partial charge in [0.2, 0.25) is 0 Å². The molecule has 0 aliphatic heterocycles. The van der Waals surface area contributed by atoms with Crippen molar-refractivity contribution < 1.29 is 5.11 Å². The maximum atomic E-state index is 9.74. The summed E-state index contributed by atoms with van der Waals surface area (Å²) >= 11 is 0. The Kier molecular flexibility index (Phi) is 2.19. The van der Waals surface area contributed by atoms with Crippen LogP contribution in [0.25, 0.3) is 0 Å². The average molecular weight is 174 g/mol. The number of hydrogen-bond donors (Lipinski definition) is 1. The fraction of sp³-hybridized carbons (Fsp3) is 0.333. The van der Waals surface area contributed by atoms with Crippen LogP contribution in [0.1, 0.15) is 36.0 Å². The van der Waals surface area contributed by atoms with Gasteiger partial charge in [0, 0.05) is 5.92 Å². The van der Waals surface area contributed by atoms with E-state index in [1.54, 1.807) is 0 Å². The molecule has 2 rings (SSSR count). The molecule has 0 fully saturated rings. The molecule has 0 heterocycles. The molecule has 0 saturated carbocycles. The van der Waals surface area contributed by atoms with Crippen LogP contribution < -0.4 is 0 Å². The van der Waals surface area contributed by atoms with Gasteiger partial charge in [-0.05, 0) is 24.0 Å². The molecule has 0 spiro atoms. The average Bonchev–Trinajstić information content (AvgIpc) is 2.19. The van der Waals surface area contributed by atoms with Crippen LogP contribution in [-0.2, 0) is 0 Å². The first-order chi connectivity index (χ1) is 6.33. The van der Waals surface area contributed by atoms with E-state index in [1.165, 1.54) is 5.56 Å².